The molecule has 1 aromatic heterocycles. The van der Waals surface area contributed by atoms with E-state index in [9.17, 15) is 10.1 Å². The van der Waals surface area contributed by atoms with Gasteiger partial charge in [0.15, 0.2) is 0 Å². The van der Waals surface area contributed by atoms with Gasteiger partial charge in [-0.05, 0) is 12.8 Å². The van der Waals surface area contributed by atoms with Crippen LogP contribution in [0, 0.1) is 10.1 Å². The quantitative estimate of drug-likeness (QED) is 0.261. The second-order valence-corrected chi connectivity index (χ2v) is 3.72. The van der Waals surface area contributed by atoms with E-state index in [4.69, 9.17) is 10.6 Å². The standard InChI is InChI=1S/C10H18N6O3/c1-2-5-19-6-3-4-12-9-8(16(17)18)7-13-10(14-9)15-11/h7H,2-6,11H2,1H3,(H2,12,13,14,15). The maximum Gasteiger partial charge on any atom is 0.329 e. The summed E-state index contributed by atoms with van der Waals surface area (Å²) >= 11 is 0. The molecular weight excluding hydrogens is 252 g/mol. The number of nitrogens with zero attached hydrogens (tertiary/aromatic N) is 3. The molecule has 1 heterocycles. The Morgan fingerprint density at radius 2 is 2.32 bits per heavy atom. The Kier molecular flexibility index (Phi) is 6.47. The van der Waals surface area contributed by atoms with Crippen LogP contribution >= 0.6 is 0 Å². The van der Waals surface area contributed by atoms with E-state index in [1.807, 2.05) is 6.92 Å². The number of rotatable bonds is 9. The number of nitrogens with one attached hydrogen (secondary N) is 2. The van der Waals surface area contributed by atoms with Gasteiger partial charge in [-0.2, -0.15) is 4.98 Å². The number of nitro groups is 1. The van der Waals surface area contributed by atoms with Crippen molar-refractivity contribution in [3.8, 4) is 0 Å². The highest BCUT2D eigenvalue weighted by molar-refractivity contribution is 5.56. The second kappa shape index (κ2) is 8.16. The van der Waals surface area contributed by atoms with Gasteiger partial charge >= 0.3 is 5.69 Å². The van der Waals surface area contributed by atoms with Crippen molar-refractivity contribution < 1.29 is 9.66 Å². The monoisotopic (exact) mass is 270 g/mol. The van der Waals surface area contributed by atoms with Gasteiger partial charge in [0.05, 0.1) is 4.92 Å². The van der Waals surface area contributed by atoms with Gasteiger partial charge in [-0.1, -0.05) is 6.92 Å². The van der Waals surface area contributed by atoms with Crippen molar-refractivity contribution in [1.82, 2.24) is 9.97 Å². The lowest BCUT2D eigenvalue weighted by Gasteiger charge is -2.07. The number of nitrogen functional groups attached to an aromatic ring is 1. The van der Waals surface area contributed by atoms with Crippen LogP contribution in [0.5, 0.6) is 0 Å². The van der Waals surface area contributed by atoms with Crippen molar-refractivity contribution in [1.29, 1.82) is 0 Å². The molecule has 0 saturated carbocycles. The third-order valence-corrected chi connectivity index (χ3v) is 2.20. The van der Waals surface area contributed by atoms with E-state index >= 15 is 0 Å². The normalized spacial score (nSPS) is 10.2. The Morgan fingerprint density at radius 3 is 2.95 bits per heavy atom. The number of hydrogen-bond donors (Lipinski definition) is 3. The minimum atomic E-state index is -0.545. The van der Waals surface area contributed by atoms with Crippen molar-refractivity contribution in [2.45, 2.75) is 19.8 Å². The topological polar surface area (TPSA) is 128 Å². The molecule has 0 aromatic carbocycles. The summed E-state index contributed by atoms with van der Waals surface area (Å²) in [5.74, 6) is 5.42. The van der Waals surface area contributed by atoms with Gasteiger partial charge in [0.2, 0.25) is 11.8 Å². The van der Waals surface area contributed by atoms with Gasteiger partial charge < -0.3 is 10.1 Å². The molecule has 19 heavy (non-hydrogen) atoms. The molecule has 0 unspecified atom stereocenters. The summed E-state index contributed by atoms with van der Waals surface area (Å²) in [6.45, 7) is 3.87. The molecular formula is C10H18N6O3. The average molecular weight is 270 g/mol. The first-order valence-corrected chi connectivity index (χ1v) is 5.98. The van der Waals surface area contributed by atoms with Crippen LogP contribution in [-0.2, 0) is 4.74 Å². The van der Waals surface area contributed by atoms with Crippen LogP contribution in [0.2, 0.25) is 0 Å². The number of anilines is 2. The van der Waals surface area contributed by atoms with Crippen molar-refractivity contribution in [2.24, 2.45) is 5.84 Å². The first kappa shape index (κ1) is 15.1. The van der Waals surface area contributed by atoms with Crippen LogP contribution in [0.4, 0.5) is 17.5 Å². The molecule has 0 aliphatic carbocycles. The summed E-state index contributed by atoms with van der Waals surface area (Å²) in [6, 6.07) is 0. The third-order valence-electron chi connectivity index (χ3n) is 2.20. The lowest BCUT2D eigenvalue weighted by molar-refractivity contribution is -0.384. The Morgan fingerprint density at radius 1 is 1.53 bits per heavy atom. The molecule has 106 valence electrons. The molecule has 0 amide bonds. The molecule has 0 bridgehead atoms. The van der Waals surface area contributed by atoms with Crippen LogP contribution in [0.25, 0.3) is 0 Å². The van der Waals surface area contributed by atoms with E-state index in [2.05, 4.69) is 20.7 Å². The lowest BCUT2D eigenvalue weighted by atomic mass is 10.4. The molecule has 4 N–H and O–H groups in total. The molecule has 0 radical (unpaired) electrons. The van der Waals surface area contributed by atoms with Gasteiger partial charge in [-0.25, -0.2) is 10.8 Å². The summed E-state index contributed by atoms with van der Waals surface area (Å²) in [5, 5.41) is 13.7. The molecule has 0 atom stereocenters. The summed E-state index contributed by atoms with van der Waals surface area (Å²) in [4.78, 5) is 17.9. The fourth-order valence-electron chi connectivity index (χ4n) is 1.34. The summed E-state index contributed by atoms with van der Waals surface area (Å²) in [7, 11) is 0. The highest BCUT2D eigenvalue weighted by atomic mass is 16.6. The Balaban J connectivity index is 2.52. The molecule has 9 heteroatoms. The van der Waals surface area contributed by atoms with Gasteiger partial charge in [-0.15, -0.1) is 0 Å². The second-order valence-electron chi connectivity index (χ2n) is 3.72. The van der Waals surface area contributed by atoms with Crippen LogP contribution in [-0.4, -0.2) is 34.6 Å². The number of hydrogen-bond acceptors (Lipinski definition) is 8. The zero-order chi connectivity index (χ0) is 14.1. The average Bonchev–Trinajstić information content (AvgIpc) is 2.42. The van der Waals surface area contributed by atoms with E-state index in [1.165, 1.54) is 0 Å². The van der Waals surface area contributed by atoms with Crippen LogP contribution in [0.3, 0.4) is 0 Å². The summed E-state index contributed by atoms with van der Waals surface area (Å²) in [6.07, 6.45) is 2.81. The maximum atomic E-state index is 10.8. The highest BCUT2D eigenvalue weighted by Gasteiger charge is 2.16. The molecule has 0 saturated heterocycles. The molecule has 1 rings (SSSR count). The molecule has 0 spiro atoms. The summed E-state index contributed by atoms with van der Waals surface area (Å²) < 4.78 is 5.30. The predicted molar refractivity (Wildman–Crippen MR) is 70.7 cm³/mol. The van der Waals surface area contributed by atoms with Crippen molar-refractivity contribution in [2.75, 3.05) is 30.5 Å². The fourth-order valence-corrected chi connectivity index (χ4v) is 1.34. The first-order valence-electron chi connectivity index (χ1n) is 5.98. The summed E-state index contributed by atoms with van der Waals surface area (Å²) in [5.41, 5.74) is 2.06. The van der Waals surface area contributed by atoms with Gasteiger partial charge in [0.1, 0.15) is 6.20 Å². The van der Waals surface area contributed by atoms with Gasteiger partial charge in [0, 0.05) is 19.8 Å². The number of aromatic nitrogens is 2. The Bertz CT molecular complexity index is 414. The van der Waals surface area contributed by atoms with Crippen LogP contribution < -0.4 is 16.6 Å². The molecule has 0 aliphatic heterocycles. The molecule has 0 aliphatic rings. The zero-order valence-electron chi connectivity index (χ0n) is 10.8. The van der Waals surface area contributed by atoms with E-state index < -0.39 is 4.92 Å². The van der Waals surface area contributed by atoms with Crippen molar-refractivity contribution in [3.63, 3.8) is 0 Å². The van der Waals surface area contributed by atoms with E-state index in [0.29, 0.717) is 13.2 Å². The van der Waals surface area contributed by atoms with Crippen LogP contribution in [0.15, 0.2) is 6.20 Å². The maximum absolute atomic E-state index is 10.8. The van der Waals surface area contributed by atoms with Crippen molar-refractivity contribution >= 4 is 17.5 Å². The Hall–Kier alpha value is -2.00. The minimum Gasteiger partial charge on any atom is -0.381 e. The predicted octanol–water partition coefficient (Wildman–Crippen LogP) is 0.899. The van der Waals surface area contributed by atoms with Crippen LogP contribution in [0.1, 0.15) is 19.8 Å². The van der Waals surface area contributed by atoms with E-state index in [-0.39, 0.29) is 17.5 Å². The number of ether oxygens (including phenoxy) is 1. The Labute approximate surface area is 110 Å². The number of nitrogens with two attached hydrogens (primary N) is 1. The van der Waals surface area contributed by atoms with E-state index in [0.717, 1.165) is 25.6 Å². The smallest absolute Gasteiger partial charge is 0.329 e. The highest BCUT2D eigenvalue weighted by Crippen LogP contribution is 2.21. The van der Waals surface area contributed by atoms with Crippen molar-refractivity contribution in [3.05, 3.63) is 16.3 Å². The van der Waals surface area contributed by atoms with Gasteiger partial charge in [0.25, 0.3) is 0 Å². The number of hydrazine groups is 1. The van der Waals surface area contributed by atoms with E-state index in [1.54, 1.807) is 0 Å². The largest absolute Gasteiger partial charge is 0.381 e. The van der Waals surface area contributed by atoms with Gasteiger partial charge in [-0.3, -0.25) is 15.5 Å². The molecule has 1 aromatic rings. The molecule has 0 fully saturated rings. The minimum absolute atomic E-state index is 0.121. The lowest BCUT2D eigenvalue weighted by Crippen LogP contribution is -2.14. The third kappa shape index (κ3) is 5.02. The SMILES string of the molecule is CCCOCCCNc1nc(NN)ncc1[N+](=O)[O-]. The first-order chi connectivity index (χ1) is 9.19. The fraction of sp³-hybridized carbons (Fsp3) is 0.600. The zero-order valence-corrected chi connectivity index (χ0v) is 10.8. The molecule has 9 nitrogen and oxygen atoms in total.